The first kappa shape index (κ1) is 20.4. The summed E-state index contributed by atoms with van der Waals surface area (Å²) in [6.45, 7) is 3.29. The SMILES string of the molecule is CCOC(=O)C1(C)C=C(Nc2cccc(C(F)(F)F)c2)C(=O)N1c1ccccc1. The van der Waals surface area contributed by atoms with Crippen molar-refractivity contribution in [2.75, 3.05) is 16.8 Å². The molecule has 0 aromatic heterocycles. The molecule has 3 rings (SSSR count). The van der Waals surface area contributed by atoms with E-state index < -0.39 is 29.2 Å². The zero-order chi connectivity index (χ0) is 21.2. The lowest BCUT2D eigenvalue weighted by Crippen LogP contribution is -2.51. The number of para-hydroxylation sites is 1. The molecule has 1 aliphatic heterocycles. The lowest BCUT2D eigenvalue weighted by molar-refractivity contribution is -0.147. The molecule has 0 radical (unpaired) electrons. The number of esters is 1. The molecule has 5 nitrogen and oxygen atoms in total. The minimum Gasteiger partial charge on any atom is -0.464 e. The van der Waals surface area contributed by atoms with Crippen molar-refractivity contribution in [3.05, 3.63) is 71.9 Å². The molecular weight excluding hydrogens is 385 g/mol. The third-order valence-corrected chi connectivity index (χ3v) is 4.50. The smallest absolute Gasteiger partial charge is 0.416 e. The summed E-state index contributed by atoms with van der Waals surface area (Å²) >= 11 is 0. The van der Waals surface area contributed by atoms with Gasteiger partial charge in [-0.2, -0.15) is 13.2 Å². The van der Waals surface area contributed by atoms with Crippen LogP contribution in [0, 0.1) is 0 Å². The van der Waals surface area contributed by atoms with E-state index in [1.807, 2.05) is 0 Å². The van der Waals surface area contributed by atoms with Gasteiger partial charge in [0.25, 0.3) is 5.91 Å². The minimum atomic E-state index is -4.51. The van der Waals surface area contributed by atoms with Gasteiger partial charge in [0.2, 0.25) is 0 Å². The molecule has 0 spiro atoms. The Morgan fingerprint density at radius 3 is 2.45 bits per heavy atom. The van der Waals surface area contributed by atoms with Crippen LogP contribution in [0.2, 0.25) is 0 Å². The fraction of sp³-hybridized carbons (Fsp3) is 0.238. The van der Waals surface area contributed by atoms with Crippen molar-refractivity contribution in [2.24, 2.45) is 0 Å². The van der Waals surface area contributed by atoms with E-state index in [1.54, 1.807) is 37.3 Å². The van der Waals surface area contributed by atoms with Gasteiger partial charge in [0.15, 0.2) is 5.54 Å². The summed E-state index contributed by atoms with van der Waals surface area (Å²) in [5.41, 5.74) is -1.76. The van der Waals surface area contributed by atoms with Gasteiger partial charge >= 0.3 is 12.1 Å². The lowest BCUT2D eigenvalue weighted by Gasteiger charge is -2.32. The van der Waals surface area contributed by atoms with Gasteiger partial charge in [-0.15, -0.1) is 0 Å². The number of benzene rings is 2. The molecule has 152 valence electrons. The van der Waals surface area contributed by atoms with Crippen LogP contribution in [0.5, 0.6) is 0 Å². The highest BCUT2D eigenvalue weighted by molar-refractivity contribution is 6.16. The Bertz CT molecular complexity index is 957. The molecule has 1 unspecified atom stereocenters. The van der Waals surface area contributed by atoms with Crippen molar-refractivity contribution in [2.45, 2.75) is 25.6 Å². The van der Waals surface area contributed by atoms with Gasteiger partial charge in [-0.05, 0) is 50.3 Å². The topological polar surface area (TPSA) is 58.6 Å². The number of anilines is 2. The van der Waals surface area contributed by atoms with Gasteiger partial charge < -0.3 is 10.1 Å². The van der Waals surface area contributed by atoms with Crippen molar-refractivity contribution < 1.29 is 27.5 Å². The van der Waals surface area contributed by atoms with Gasteiger partial charge in [0.05, 0.1) is 12.2 Å². The monoisotopic (exact) mass is 404 g/mol. The van der Waals surface area contributed by atoms with Gasteiger partial charge in [-0.1, -0.05) is 24.3 Å². The third kappa shape index (κ3) is 3.96. The van der Waals surface area contributed by atoms with Crippen molar-refractivity contribution in [3.63, 3.8) is 0 Å². The second-order valence-electron chi connectivity index (χ2n) is 6.61. The number of rotatable bonds is 5. The summed E-state index contributed by atoms with van der Waals surface area (Å²) in [6, 6.07) is 13.0. The van der Waals surface area contributed by atoms with E-state index in [4.69, 9.17) is 4.74 Å². The van der Waals surface area contributed by atoms with E-state index in [0.29, 0.717) is 5.69 Å². The number of carbonyl (C=O) groups excluding carboxylic acids is 2. The summed E-state index contributed by atoms with van der Waals surface area (Å²) in [5, 5.41) is 2.72. The van der Waals surface area contributed by atoms with Crippen molar-refractivity contribution in [3.8, 4) is 0 Å². The zero-order valence-electron chi connectivity index (χ0n) is 15.8. The first-order valence-electron chi connectivity index (χ1n) is 8.91. The molecule has 1 heterocycles. The van der Waals surface area contributed by atoms with E-state index in [0.717, 1.165) is 12.1 Å². The van der Waals surface area contributed by atoms with Gasteiger partial charge in [-0.3, -0.25) is 9.69 Å². The number of nitrogens with one attached hydrogen (secondary N) is 1. The number of ether oxygens (including phenoxy) is 1. The van der Waals surface area contributed by atoms with Crippen LogP contribution in [0.4, 0.5) is 24.5 Å². The number of halogens is 3. The van der Waals surface area contributed by atoms with Gasteiger partial charge in [0, 0.05) is 11.4 Å². The highest BCUT2D eigenvalue weighted by Gasteiger charge is 2.49. The molecule has 2 aromatic rings. The highest BCUT2D eigenvalue weighted by atomic mass is 19.4. The van der Waals surface area contributed by atoms with Gasteiger partial charge in [0.1, 0.15) is 5.70 Å². The van der Waals surface area contributed by atoms with Crippen LogP contribution in [0.1, 0.15) is 19.4 Å². The number of carbonyl (C=O) groups is 2. The number of nitrogens with zero attached hydrogens (tertiary/aromatic N) is 1. The van der Waals surface area contributed by atoms with E-state index in [2.05, 4.69) is 5.32 Å². The summed E-state index contributed by atoms with van der Waals surface area (Å²) < 4.78 is 44.1. The molecular formula is C21H19F3N2O3. The Hall–Kier alpha value is -3.29. The predicted octanol–water partition coefficient (Wildman–Crippen LogP) is 4.37. The lowest BCUT2D eigenvalue weighted by atomic mass is 10.0. The average Bonchev–Trinajstić information content (AvgIpc) is 2.93. The molecule has 29 heavy (non-hydrogen) atoms. The van der Waals surface area contributed by atoms with Crippen LogP contribution in [0.3, 0.4) is 0 Å². The standard InChI is InChI=1S/C21H19F3N2O3/c1-3-29-19(28)20(2)13-17(18(27)26(20)16-10-5-4-6-11-16)25-15-9-7-8-14(12-15)21(22,23)24/h4-13,25H,3H2,1-2H3. The Balaban J connectivity index is 1.99. The number of hydrogen-bond donors (Lipinski definition) is 1. The largest absolute Gasteiger partial charge is 0.464 e. The second-order valence-corrected chi connectivity index (χ2v) is 6.61. The molecule has 2 aromatic carbocycles. The Morgan fingerprint density at radius 1 is 1.14 bits per heavy atom. The van der Waals surface area contributed by atoms with Gasteiger partial charge in [-0.25, -0.2) is 4.79 Å². The Labute approximate surface area is 165 Å². The first-order valence-corrected chi connectivity index (χ1v) is 8.91. The van der Waals surface area contributed by atoms with Crippen molar-refractivity contribution in [1.82, 2.24) is 0 Å². The number of hydrogen-bond acceptors (Lipinski definition) is 4. The summed E-state index contributed by atoms with van der Waals surface area (Å²) in [7, 11) is 0. The van der Waals surface area contributed by atoms with Crippen LogP contribution in [0.15, 0.2) is 66.4 Å². The van der Waals surface area contributed by atoms with Crippen molar-refractivity contribution >= 4 is 23.3 Å². The number of amides is 1. The van der Waals surface area contributed by atoms with Crippen LogP contribution < -0.4 is 10.2 Å². The van der Waals surface area contributed by atoms with Crippen LogP contribution in [0.25, 0.3) is 0 Å². The van der Waals surface area contributed by atoms with Crippen LogP contribution >= 0.6 is 0 Å². The maximum atomic E-state index is 13.1. The van der Waals surface area contributed by atoms with Crippen LogP contribution in [-0.4, -0.2) is 24.0 Å². The molecule has 1 N–H and O–H groups in total. The summed E-state index contributed by atoms with van der Waals surface area (Å²) in [5.74, 6) is -1.19. The fourth-order valence-corrected chi connectivity index (χ4v) is 3.15. The third-order valence-electron chi connectivity index (χ3n) is 4.50. The minimum absolute atomic E-state index is 0.0104. The average molecular weight is 404 g/mol. The molecule has 1 aliphatic rings. The van der Waals surface area contributed by atoms with Crippen molar-refractivity contribution in [1.29, 1.82) is 0 Å². The normalized spacial score (nSPS) is 19.1. The van der Waals surface area contributed by atoms with E-state index in [1.165, 1.54) is 30.0 Å². The second kappa shape index (κ2) is 7.62. The Morgan fingerprint density at radius 2 is 1.83 bits per heavy atom. The molecule has 0 aliphatic carbocycles. The molecule has 0 saturated heterocycles. The quantitative estimate of drug-likeness (QED) is 0.752. The summed E-state index contributed by atoms with van der Waals surface area (Å²) in [4.78, 5) is 27.0. The van der Waals surface area contributed by atoms with E-state index in [9.17, 15) is 22.8 Å². The molecule has 0 bridgehead atoms. The van der Waals surface area contributed by atoms with E-state index in [-0.39, 0.29) is 18.0 Å². The molecule has 1 amide bonds. The molecule has 8 heteroatoms. The maximum Gasteiger partial charge on any atom is 0.416 e. The molecule has 0 saturated carbocycles. The van der Waals surface area contributed by atoms with E-state index >= 15 is 0 Å². The fourth-order valence-electron chi connectivity index (χ4n) is 3.15. The first-order chi connectivity index (χ1) is 13.7. The number of alkyl halides is 3. The molecule has 1 atom stereocenters. The molecule has 0 fully saturated rings. The van der Waals surface area contributed by atoms with Crippen LogP contribution in [-0.2, 0) is 20.5 Å². The highest BCUT2D eigenvalue weighted by Crippen LogP contribution is 2.36. The maximum absolute atomic E-state index is 13.1. The zero-order valence-corrected chi connectivity index (χ0v) is 15.8. The summed E-state index contributed by atoms with van der Waals surface area (Å²) in [6.07, 6.45) is -3.14. The predicted molar refractivity (Wildman–Crippen MR) is 102 cm³/mol. The Kier molecular flexibility index (Phi) is 5.37.